The van der Waals surface area contributed by atoms with Crippen LogP contribution >= 0.6 is 11.6 Å². The third-order valence-electron chi connectivity index (χ3n) is 5.62. The van der Waals surface area contributed by atoms with E-state index in [2.05, 4.69) is 67.1 Å². The van der Waals surface area contributed by atoms with Crippen molar-refractivity contribution in [1.29, 1.82) is 0 Å². The summed E-state index contributed by atoms with van der Waals surface area (Å²) in [4.78, 5) is 4.88. The van der Waals surface area contributed by atoms with Gasteiger partial charge in [0.05, 0.1) is 12.7 Å². The normalized spacial score (nSPS) is 23.8. The number of ether oxygens (including phenoxy) is 2. The van der Waals surface area contributed by atoms with Gasteiger partial charge in [-0.05, 0) is 36.2 Å². The van der Waals surface area contributed by atoms with Crippen molar-refractivity contribution in [2.45, 2.75) is 31.7 Å². The van der Waals surface area contributed by atoms with Crippen LogP contribution in [0.5, 0.6) is 0 Å². The first-order chi connectivity index (χ1) is 13.4. The summed E-state index contributed by atoms with van der Waals surface area (Å²) in [6.45, 7) is 6.31. The van der Waals surface area contributed by atoms with Crippen LogP contribution in [-0.4, -0.2) is 50.6 Å². The zero-order chi connectivity index (χ0) is 20.3. The molecule has 2 aromatic carbocycles. The summed E-state index contributed by atoms with van der Waals surface area (Å²) in [6.07, 6.45) is -0.433. The second-order valence-corrected chi connectivity index (χ2v) is 8.39. The lowest BCUT2D eigenvalue weighted by Crippen LogP contribution is -2.53. The van der Waals surface area contributed by atoms with Crippen LogP contribution in [-0.2, 0) is 15.0 Å². The van der Waals surface area contributed by atoms with Crippen LogP contribution in [0.3, 0.4) is 0 Å². The van der Waals surface area contributed by atoms with Gasteiger partial charge in [0.1, 0.15) is 5.54 Å². The van der Waals surface area contributed by atoms with Crippen LogP contribution < -0.4 is 0 Å². The molecule has 0 aliphatic carbocycles. The van der Waals surface area contributed by atoms with Crippen molar-refractivity contribution in [3.8, 4) is 0 Å². The minimum atomic E-state index is -0.493. The number of halogens is 1. The predicted molar refractivity (Wildman–Crippen MR) is 114 cm³/mol. The summed E-state index contributed by atoms with van der Waals surface area (Å²) in [5, 5.41) is 0.742. The zero-order valence-corrected chi connectivity index (χ0v) is 18.2. The molecule has 0 spiro atoms. The highest BCUT2D eigenvalue weighted by molar-refractivity contribution is 6.30. The van der Waals surface area contributed by atoms with Crippen LogP contribution in [0.2, 0.25) is 5.02 Å². The molecular formula is C23H31ClN2O2. The maximum atomic E-state index is 6.20. The summed E-state index contributed by atoms with van der Waals surface area (Å²) in [6, 6.07) is 18.8. The molecule has 0 amide bonds. The molecule has 2 unspecified atom stereocenters. The fourth-order valence-corrected chi connectivity index (χ4v) is 4.81. The molecule has 0 saturated carbocycles. The minimum absolute atomic E-state index is 0.0597. The Morgan fingerprint density at radius 2 is 1.64 bits per heavy atom. The molecule has 0 aromatic heterocycles. The predicted octanol–water partition coefficient (Wildman–Crippen LogP) is 4.76. The molecule has 1 fully saturated rings. The summed E-state index contributed by atoms with van der Waals surface area (Å²) >= 11 is 6.20. The van der Waals surface area contributed by atoms with Crippen molar-refractivity contribution < 1.29 is 9.47 Å². The summed E-state index contributed by atoms with van der Waals surface area (Å²) < 4.78 is 11.8. The van der Waals surface area contributed by atoms with E-state index in [1.807, 2.05) is 18.2 Å². The van der Waals surface area contributed by atoms with Gasteiger partial charge in [-0.2, -0.15) is 0 Å². The van der Waals surface area contributed by atoms with Gasteiger partial charge >= 0.3 is 0 Å². The molecule has 28 heavy (non-hydrogen) atoms. The lowest BCUT2D eigenvalue weighted by atomic mass is 9.78. The Kier molecular flexibility index (Phi) is 6.79. The number of hydrogen-bond donors (Lipinski definition) is 0. The van der Waals surface area contributed by atoms with Crippen LogP contribution in [0.1, 0.15) is 31.0 Å². The molecule has 1 aliphatic heterocycles. The van der Waals surface area contributed by atoms with Crippen molar-refractivity contribution >= 4 is 11.6 Å². The molecule has 5 heteroatoms. The fraction of sp³-hybridized carbons (Fsp3) is 0.478. The second kappa shape index (κ2) is 8.93. The first-order valence-corrected chi connectivity index (χ1v) is 10.1. The maximum absolute atomic E-state index is 6.20. The van der Waals surface area contributed by atoms with Crippen molar-refractivity contribution in [3.63, 3.8) is 0 Å². The Balaban J connectivity index is 2.24. The van der Waals surface area contributed by atoms with Crippen molar-refractivity contribution in [1.82, 2.24) is 9.80 Å². The molecular weight excluding hydrogens is 372 g/mol. The SMILES string of the molecule is COC(OC)C1(c2ccccc2)C(c2ccc(Cl)cc2)N(CC(C)C)CN1C. The van der Waals surface area contributed by atoms with Crippen LogP contribution in [0.4, 0.5) is 0 Å². The van der Waals surface area contributed by atoms with Crippen LogP contribution in [0.15, 0.2) is 54.6 Å². The Labute approximate surface area is 174 Å². The van der Waals surface area contributed by atoms with Gasteiger partial charge in [-0.3, -0.25) is 9.80 Å². The van der Waals surface area contributed by atoms with Gasteiger partial charge in [-0.1, -0.05) is 67.9 Å². The number of benzene rings is 2. The Bertz CT molecular complexity index is 749. The molecule has 4 nitrogen and oxygen atoms in total. The molecule has 1 aliphatic rings. The van der Waals surface area contributed by atoms with Gasteiger partial charge in [-0.15, -0.1) is 0 Å². The number of methoxy groups -OCH3 is 2. The lowest BCUT2D eigenvalue weighted by Gasteiger charge is -2.45. The maximum Gasteiger partial charge on any atom is 0.181 e. The van der Waals surface area contributed by atoms with Gasteiger partial charge in [0.25, 0.3) is 0 Å². The zero-order valence-electron chi connectivity index (χ0n) is 17.4. The van der Waals surface area contributed by atoms with E-state index in [9.17, 15) is 0 Å². The molecule has 1 saturated heterocycles. The quantitative estimate of drug-likeness (QED) is 0.623. The van der Waals surface area contributed by atoms with Crippen LogP contribution in [0.25, 0.3) is 0 Å². The highest BCUT2D eigenvalue weighted by atomic mass is 35.5. The van der Waals surface area contributed by atoms with Gasteiger partial charge in [-0.25, -0.2) is 0 Å². The summed E-state index contributed by atoms with van der Waals surface area (Å²) in [5.74, 6) is 0.540. The monoisotopic (exact) mass is 402 g/mol. The van der Waals surface area contributed by atoms with E-state index < -0.39 is 11.8 Å². The standard InChI is InChI=1S/C23H31ClN2O2/c1-17(2)15-26-16-25(3)23(22(27-4)28-5,19-9-7-6-8-10-19)21(26)18-11-13-20(24)14-12-18/h6-14,17,21-22H,15-16H2,1-5H3. The highest BCUT2D eigenvalue weighted by Gasteiger charge is 2.58. The molecule has 1 heterocycles. The lowest BCUT2D eigenvalue weighted by molar-refractivity contribution is -0.188. The first-order valence-electron chi connectivity index (χ1n) is 9.77. The van der Waals surface area contributed by atoms with E-state index in [0.717, 1.165) is 18.2 Å². The van der Waals surface area contributed by atoms with E-state index in [1.165, 1.54) is 11.1 Å². The molecule has 2 aromatic rings. The molecule has 0 N–H and O–H groups in total. The average molecular weight is 403 g/mol. The molecule has 3 rings (SSSR count). The largest absolute Gasteiger partial charge is 0.354 e. The fourth-order valence-electron chi connectivity index (χ4n) is 4.68. The second-order valence-electron chi connectivity index (χ2n) is 7.95. The Hall–Kier alpha value is -1.43. The van der Waals surface area contributed by atoms with Crippen molar-refractivity contribution in [2.24, 2.45) is 5.92 Å². The molecule has 0 radical (unpaired) electrons. The molecule has 0 bridgehead atoms. The van der Waals surface area contributed by atoms with Crippen LogP contribution in [0, 0.1) is 5.92 Å². The third-order valence-corrected chi connectivity index (χ3v) is 5.87. The topological polar surface area (TPSA) is 24.9 Å². The van der Waals surface area contributed by atoms with E-state index in [4.69, 9.17) is 21.1 Å². The minimum Gasteiger partial charge on any atom is -0.354 e. The summed E-state index contributed by atoms with van der Waals surface area (Å²) in [7, 11) is 5.59. The average Bonchev–Trinajstić information content (AvgIpc) is 2.96. The Morgan fingerprint density at radius 1 is 1.04 bits per heavy atom. The number of likely N-dealkylation sites (N-methyl/N-ethyl adjacent to an activating group) is 1. The smallest absolute Gasteiger partial charge is 0.181 e. The number of hydrogen-bond acceptors (Lipinski definition) is 4. The number of nitrogens with zero attached hydrogens (tertiary/aromatic N) is 2. The van der Waals surface area contributed by atoms with E-state index in [1.54, 1.807) is 14.2 Å². The van der Waals surface area contributed by atoms with E-state index >= 15 is 0 Å². The van der Waals surface area contributed by atoms with E-state index in [0.29, 0.717) is 5.92 Å². The van der Waals surface area contributed by atoms with Crippen molar-refractivity contribution in [3.05, 3.63) is 70.7 Å². The van der Waals surface area contributed by atoms with Crippen molar-refractivity contribution in [2.75, 3.05) is 34.5 Å². The first kappa shape index (κ1) is 21.3. The van der Waals surface area contributed by atoms with E-state index in [-0.39, 0.29) is 6.04 Å². The Morgan fingerprint density at radius 3 is 2.18 bits per heavy atom. The summed E-state index contributed by atoms with van der Waals surface area (Å²) in [5.41, 5.74) is 1.89. The molecule has 2 atom stereocenters. The third kappa shape index (κ3) is 3.72. The molecule has 152 valence electrons. The van der Waals surface area contributed by atoms with Gasteiger partial charge in [0.15, 0.2) is 6.29 Å². The van der Waals surface area contributed by atoms with Gasteiger partial charge < -0.3 is 9.47 Å². The van der Waals surface area contributed by atoms with Gasteiger partial charge in [0, 0.05) is 25.8 Å². The highest BCUT2D eigenvalue weighted by Crippen LogP contribution is 2.51. The number of rotatable bonds is 7. The van der Waals surface area contributed by atoms with Gasteiger partial charge in [0.2, 0.25) is 0 Å².